The van der Waals surface area contributed by atoms with E-state index in [-0.39, 0.29) is 11.9 Å². The lowest BCUT2D eigenvalue weighted by molar-refractivity contribution is -0.133. The van der Waals surface area contributed by atoms with E-state index >= 15 is 0 Å². The third-order valence-electron chi connectivity index (χ3n) is 3.75. The lowest BCUT2D eigenvalue weighted by Crippen LogP contribution is -2.42. The molecule has 16 heavy (non-hydrogen) atoms. The molecule has 0 bridgehead atoms. The average molecular weight is 226 g/mol. The molecular weight excluding hydrogens is 200 g/mol. The predicted octanol–water partition coefficient (Wildman–Crippen LogP) is 2.15. The molecular formula is C13H26N2O. The molecule has 2 N–H and O–H groups in total. The highest BCUT2D eigenvalue weighted by molar-refractivity contribution is 5.76. The number of amides is 1. The fraction of sp³-hybridized carbons (Fsp3) is 0.923. The zero-order valence-electron chi connectivity index (χ0n) is 11.1. The predicted molar refractivity (Wildman–Crippen MR) is 67.1 cm³/mol. The SMILES string of the molecule is CC(N)CC(=O)N(C)C1CCC(C)(C)CC1. The van der Waals surface area contributed by atoms with Crippen LogP contribution in [-0.4, -0.2) is 29.9 Å². The van der Waals surface area contributed by atoms with Gasteiger partial charge in [0.05, 0.1) is 0 Å². The Morgan fingerprint density at radius 2 is 1.94 bits per heavy atom. The molecule has 0 saturated heterocycles. The zero-order chi connectivity index (χ0) is 12.3. The Morgan fingerprint density at radius 3 is 2.38 bits per heavy atom. The highest BCUT2D eigenvalue weighted by atomic mass is 16.2. The summed E-state index contributed by atoms with van der Waals surface area (Å²) in [5.74, 6) is 0.194. The van der Waals surface area contributed by atoms with Crippen LogP contribution in [0.1, 0.15) is 52.9 Å². The average Bonchev–Trinajstić information content (AvgIpc) is 2.15. The van der Waals surface area contributed by atoms with Crippen LogP contribution in [0.25, 0.3) is 0 Å². The number of hydrogen-bond donors (Lipinski definition) is 1. The summed E-state index contributed by atoms with van der Waals surface area (Å²) in [5, 5.41) is 0. The smallest absolute Gasteiger partial charge is 0.224 e. The molecule has 0 aliphatic heterocycles. The first-order chi connectivity index (χ1) is 7.32. The summed E-state index contributed by atoms with van der Waals surface area (Å²) in [6, 6.07) is 0.397. The third kappa shape index (κ3) is 3.78. The molecule has 0 aromatic carbocycles. The van der Waals surface area contributed by atoms with Crippen LogP contribution in [0.5, 0.6) is 0 Å². The maximum atomic E-state index is 11.9. The van der Waals surface area contributed by atoms with Gasteiger partial charge < -0.3 is 10.6 Å². The van der Waals surface area contributed by atoms with Crippen molar-refractivity contribution in [3.05, 3.63) is 0 Å². The van der Waals surface area contributed by atoms with E-state index in [1.165, 1.54) is 12.8 Å². The topological polar surface area (TPSA) is 46.3 Å². The molecule has 0 heterocycles. The van der Waals surface area contributed by atoms with Crippen LogP contribution in [0, 0.1) is 5.41 Å². The standard InChI is InChI=1S/C13H26N2O/c1-10(14)9-12(16)15(4)11-5-7-13(2,3)8-6-11/h10-11H,5-9,14H2,1-4H3. The lowest BCUT2D eigenvalue weighted by atomic mass is 9.75. The second-order valence-corrected chi connectivity index (χ2v) is 6.08. The number of hydrogen-bond acceptors (Lipinski definition) is 2. The van der Waals surface area contributed by atoms with E-state index < -0.39 is 0 Å². The maximum Gasteiger partial charge on any atom is 0.224 e. The summed E-state index contributed by atoms with van der Waals surface area (Å²) in [6.45, 7) is 6.51. The molecule has 1 fully saturated rings. The van der Waals surface area contributed by atoms with Crippen molar-refractivity contribution in [2.24, 2.45) is 11.1 Å². The van der Waals surface area contributed by atoms with Crippen LogP contribution < -0.4 is 5.73 Å². The van der Waals surface area contributed by atoms with Gasteiger partial charge in [0.2, 0.25) is 5.91 Å². The van der Waals surface area contributed by atoms with Gasteiger partial charge in [-0.15, -0.1) is 0 Å². The van der Waals surface area contributed by atoms with Crippen molar-refractivity contribution < 1.29 is 4.79 Å². The Balaban J connectivity index is 2.44. The van der Waals surface area contributed by atoms with Gasteiger partial charge in [-0.25, -0.2) is 0 Å². The van der Waals surface area contributed by atoms with Crippen LogP contribution in [0.3, 0.4) is 0 Å². The van der Waals surface area contributed by atoms with Gasteiger partial charge in [-0.1, -0.05) is 13.8 Å². The van der Waals surface area contributed by atoms with Gasteiger partial charge in [0.1, 0.15) is 0 Å². The van der Waals surface area contributed by atoms with E-state index in [2.05, 4.69) is 13.8 Å². The van der Waals surface area contributed by atoms with Crippen LogP contribution in [0.2, 0.25) is 0 Å². The minimum absolute atomic E-state index is 0.0324. The first-order valence-corrected chi connectivity index (χ1v) is 6.33. The number of rotatable bonds is 3. The lowest BCUT2D eigenvalue weighted by Gasteiger charge is -2.38. The highest BCUT2D eigenvalue weighted by Crippen LogP contribution is 2.36. The zero-order valence-corrected chi connectivity index (χ0v) is 11.1. The summed E-state index contributed by atoms with van der Waals surface area (Å²) in [7, 11) is 1.92. The largest absolute Gasteiger partial charge is 0.343 e. The number of nitrogens with two attached hydrogens (primary N) is 1. The molecule has 3 nitrogen and oxygen atoms in total. The Kier molecular flexibility index (Phi) is 4.36. The Labute approximate surface area is 99.4 Å². The number of nitrogens with zero attached hydrogens (tertiary/aromatic N) is 1. The van der Waals surface area contributed by atoms with Crippen LogP contribution in [0.15, 0.2) is 0 Å². The van der Waals surface area contributed by atoms with E-state index in [4.69, 9.17) is 5.73 Å². The van der Waals surface area contributed by atoms with Gasteiger partial charge in [-0.2, -0.15) is 0 Å². The minimum Gasteiger partial charge on any atom is -0.343 e. The first kappa shape index (κ1) is 13.5. The van der Waals surface area contributed by atoms with Gasteiger partial charge in [-0.05, 0) is 38.0 Å². The third-order valence-corrected chi connectivity index (χ3v) is 3.75. The molecule has 0 radical (unpaired) electrons. The summed E-state index contributed by atoms with van der Waals surface area (Å²) in [4.78, 5) is 13.8. The molecule has 1 aliphatic rings. The Bertz CT molecular complexity index is 238. The minimum atomic E-state index is -0.0324. The fourth-order valence-electron chi connectivity index (χ4n) is 2.39. The molecule has 1 atom stereocenters. The maximum absolute atomic E-state index is 11.9. The highest BCUT2D eigenvalue weighted by Gasteiger charge is 2.30. The van der Waals surface area contributed by atoms with E-state index in [0.717, 1.165) is 12.8 Å². The molecule has 0 aromatic heterocycles. The monoisotopic (exact) mass is 226 g/mol. The Morgan fingerprint density at radius 1 is 1.44 bits per heavy atom. The molecule has 1 unspecified atom stereocenters. The van der Waals surface area contributed by atoms with E-state index in [9.17, 15) is 4.79 Å². The molecule has 1 aliphatic carbocycles. The second kappa shape index (κ2) is 5.17. The normalized spacial score (nSPS) is 22.8. The molecule has 1 saturated carbocycles. The van der Waals surface area contributed by atoms with Crippen LogP contribution >= 0.6 is 0 Å². The van der Waals surface area contributed by atoms with Crippen molar-refractivity contribution in [1.82, 2.24) is 4.90 Å². The van der Waals surface area contributed by atoms with E-state index in [0.29, 0.717) is 17.9 Å². The molecule has 0 spiro atoms. The second-order valence-electron chi connectivity index (χ2n) is 6.08. The molecule has 1 amide bonds. The molecule has 1 rings (SSSR count). The van der Waals surface area contributed by atoms with Crippen molar-refractivity contribution in [1.29, 1.82) is 0 Å². The summed E-state index contributed by atoms with van der Waals surface area (Å²) >= 11 is 0. The van der Waals surface area contributed by atoms with E-state index in [1.54, 1.807) is 0 Å². The summed E-state index contributed by atoms with van der Waals surface area (Å²) < 4.78 is 0. The summed E-state index contributed by atoms with van der Waals surface area (Å²) in [6.07, 6.45) is 5.17. The van der Waals surface area contributed by atoms with Crippen molar-refractivity contribution >= 4 is 5.91 Å². The molecule has 0 aromatic rings. The van der Waals surface area contributed by atoms with Crippen molar-refractivity contribution in [3.63, 3.8) is 0 Å². The van der Waals surface area contributed by atoms with Crippen molar-refractivity contribution in [2.75, 3.05) is 7.05 Å². The van der Waals surface area contributed by atoms with Gasteiger partial charge in [0.25, 0.3) is 0 Å². The molecule has 94 valence electrons. The first-order valence-electron chi connectivity index (χ1n) is 6.33. The van der Waals surface area contributed by atoms with Crippen LogP contribution in [0.4, 0.5) is 0 Å². The van der Waals surface area contributed by atoms with Crippen molar-refractivity contribution in [3.8, 4) is 0 Å². The van der Waals surface area contributed by atoms with E-state index in [1.807, 2.05) is 18.9 Å². The molecule has 3 heteroatoms. The van der Waals surface area contributed by atoms with Gasteiger partial charge in [0.15, 0.2) is 0 Å². The fourth-order valence-corrected chi connectivity index (χ4v) is 2.39. The van der Waals surface area contributed by atoms with Gasteiger partial charge in [0, 0.05) is 25.6 Å². The Hall–Kier alpha value is -0.570. The number of carbonyl (C=O) groups is 1. The van der Waals surface area contributed by atoms with Crippen LogP contribution in [-0.2, 0) is 4.79 Å². The number of carbonyl (C=O) groups excluding carboxylic acids is 1. The quantitative estimate of drug-likeness (QED) is 0.801. The van der Waals surface area contributed by atoms with Gasteiger partial charge in [-0.3, -0.25) is 4.79 Å². The van der Waals surface area contributed by atoms with Crippen molar-refractivity contribution in [2.45, 2.75) is 65.0 Å². The van der Waals surface area contributed by atoms with Gasteiger partial charge >= 0.3 is 0 Å². The summed E-state index contributed by atoms with van der Waals surface area (Å²) in [5.41, 5.74) is 6.12.